The van der Waals surface area contributed by atoms with Gasteiger partial charge in [-0.3, -0.25) is 9.97 Å². The number of pyridine rings is 2. The van der Waals surface area contributed by atoms with Gasteiger partial charge >= 0.3 is 0 Å². The summed E-state index contributed by atoms with van der Waals surface area (Å²) >= 11 is 3.57. The summed E-state index contributed by atoms with van der Waals surface area (Å²) in [6.45, 7) is 8.11. The largest absolute Gasteiger partial charge is 0.398 e. The van der Waals surface area contributed by atoms with Crippen molar-refractivity contribution in [2.45, 2.75) is 39.5 Å². The molecule has 0 amide bonds. The molecule has 2 aromatic heterocycles. The van der Waals surface area contributed by atoms with E-state index in [4.69, 9.17) is 5.73 Å². The van der Waals surface area contributed by atoms with Crippen LogP contribution in [0.25, 0.3) is 22.3 Å². The van der Waals surface area contributed by atoms with E-state index >= 15 is 0 Å². The number of nitrogens with zero attached hydrogens (tertiary/aromatic N) is 2. The van der Waals surface area contributed by atoms with Crippen molar-refractivity contribution in [2.75, 3.05) is 5.73 Å². The summed E-state index contributed by atoms with van der Waals surface area (Å²) in [5, 5.41) is 0. The van der Waals surface area contributed by atoms with Gasteiger partial charge in [-0.05, 0) is 104 Å². The Morgan fingerprint density at radius 2 is 1.09 bits per heavy atom. The number of nitrogens with two attached hydrogens (primary N) is 1. The predicted octanol–water partition coefficient (Wildman–Crippen LogP) is 8.37. The molecule has 4 rings (SSSR count). The van der Waals surface area contributed by atoms with Crippen molar-refractivity contribution >= 4 is 21.6 Å². The van der Waals surface area contributed by atoms with Crippen LogP contribution in [0.4, 0.5) is 14.5 Å². The minimum Gasteiger partial charge on any atom is -0.398 e. The molecule has 0 spiro atoms. The second kappa shape index (κ2) is 11.3. The number of rotatable bonds is 4. The maximum atomic E-state index is 13.6. The number of anilines is 1. The molecule has 0 saturated carbocycles. The molecular weight excluding hydrogens is 496 g/mol. The Labute approximate surface area is 208 Å². The van der Waals surface area contributed by atoms with Gasteiger partial charge < -0.3 is 5.73 Å². The number of benzene rings is 2. The molecule has 0 aliphatic rings. The fourth-order valence-electron chi connectivity index (χ4n) is 3.66. The molecule has 0 saturated heterocycles. The van der Waals surface area contributed by atoms with Gasteiger partial charge in [-0.25, -0.2) is 8.78 Å². The second-order valence-electron chi connectivity index (χ2n) is 8.59. The average Bonchev–Trinajstić information content (AvgIpc) is 2.82. The Morgan fingerprint density at radius 3 is 1.56 bits per heavy atom. The van der Waals surface area contributed by atoms with Crippen LogP contribution in [-0.2, 0) is 0 Å². The van der Waals surface area contributed by atoms with Crippen LogP contribution in [0.1, 0.15) is 50.7 Å². The Hall–Kier alpha value is -3.12. The van der Waals surface area contributed by atoms with Crippen molar-refractivity contribution in [1.29, 1.82) is 0 Å². The summed E-state index contributed by atoms with van der Waals surface area (Å²) < 4.78 is 28.2. The van der Waals surface area contributed by atoms with Crippen LogP contribution in [-0.4, -0.2) is 9.97 Å². The third-order valence-corrected chi connectivity index (χ3v) is 6.35. The molecule has 0 radical (unpaired) electrons. The van der Waals surface area contributed by atoms with Crippen LogP contribution in [0.2, 0.25) is 0 Å². The standard InChI is InChI=1S/C14H13BrFN.C14H15FN2/c1-9(2)12-7-11(16)8-13(14(12)15)10-3-5-17-6-4-10;1-9(2)12-7-11(15)8-13(14(12)16)10-3-5-17-6-4-10/h3-9H,1-2H3;3-9H,16H2,1-2H3. The first kappa shape index (κ1) is 25.5. The fraction of sp³-hybridized carbons (Fsp3) is 0.214. The summed E-state index contributed by atoms with van der Waals surface area (Å²) in [6.07, 6.45) is 6.77. The molecule has 34 heavy (non-hydrogen) atoms. The zero-order chi connectivity index (χ0) is 24.8. The highest BCUT2D eigenvalue weighted by Crippen LogP contribution is 2.35. The molecule has 2 heterocycles. The first-order valence-corrected chi connectivity index (χ1v) is 11.9. The molecule has 0 atom stereocenters. The zero-order valence-electron chi connectivity index (χ0n) is 19.7. The van der Waals surface area contributed by atoms with Crippen LogP contribution >= 0.6 is 15.9 Å². The van der Waals surface area contributed by atoms with Crippen molar-refractivity contribution in [3.8, 4) is 22.3 Å². The van der Waals surface area contributed by atoms with Crippen LogP contribution in [0, 0.1) is 11.6 Å². The monoisotopic (exact) mass is 523 g/mol. The van der Waals surface area contributed by atoms with Gasteiger partial charge in [0.15, 0.2) is 0 Å². The highest BCUT2D eigenvalue weighted by Gasteiger charge is 2.13. The summed E-state index contributed by atoms with van der Waals surface area (Å²) in [6, 6.07) is 13.5. The molecule has 0 unspecified atom stereocenters. The number of nitrogen functional groups attached to an aromatic ring is 1. The molecule has 0 bridgehead atoms. The number of hydrogen-bond acceptors (Lipinski definition) is 3. The third-order valence-electron chi connectivity index (χ3n) is 5.47. The second-order valence-corrected chi connectivity index (χ2v) is 9.39. The van der Waals surface area contributed by atoms with Gasteiger partial charge in [0.05, 0.1) is 0 Å². The Kier molecular flexibility index (Phi) is 8.51. The lowest BCUT2D eigenvalue weighted by molar-refractivity contribution is 0.623. The van der Waals surface area contributed by atoms with E-state index < -0.39 is 0 Å². The summed E-state index contributed by atoms with van der Waals surface area (Å²) in [7, 11) is 0. The first-order chi connectivity index (χ1) is 16.2. The van der Waals surface area contributed by atoms with Gasteiger partial charge in [0.25, 0.3) is 0 Å². The predicted molar refractivity (Wildman–Crippen MR) is 140 cm³/mol. The van der Waals surface area contributed by atoms with Gasteiger partial charge in [0, 0.05) is 40.5 Å². The minimum absolute atomic E-state index is 0.200. The van der Waals surface area contributed by atoms with Crippen LogP contribution in [0.3, 0.4) is 0 Å². The van der Waals surface area contributed by atoms with Crippen LogP contribution in [0.15, 0.2) is 77.8 Å². The van der Waals surface area contributed by atoms with E-state index in [0.29, 0.717) is 5.69 Å². The molecule has 3 nitrogen and oxygen atoms in total. The third kappa shape index (κ3) is 6.06. The molecule has 0 aliphatic carbocycles. The Morgan fingerprint density at radius 1 is 0.676 bits per heavy atom. The van der Waals surface area contributed by atoms with E-state index in [1.54, 1.807) is 36.9 Å². The maximum absolute atomic E-state index is 13.6. The Balaban J connectivity index is 0.000000191. The van der Waals surface area contributed by atoms with Crippen molar-refractivity contribution in [1.82, 2.24) is 9.97 Å². The van der Waals surface area contributed by atoms with Crippen LogP contribution in [0.5, 0.6) is 0 Å². The smallest absolute Gasteiger partial charge is 0.124 e. The van der Waals surface area contributed by atoms with Gasteiger partial charge in [-0.15, -0.1) is 0 Å². The number of halogens is 3. The molecule has 0 aliphatic heterocycles. The number of hydrogen-bond donors (Lipinski definition) is 1. The highest BCUT2D eigenvalue weighted by molar-refractivity contribution is 9.10. The minimum atomic E-state index is -0.255. The number of aromatic nitrogens is 2. The van der Waals surface area contributed by atoms with Crippen molar-refractivity contribution in [3.05, 3.63) is 101 Å². The van der Waals surface area contributed by atoms with Crippen molar-refractivity contribution < 1.29 is 8.78 Å². The SMILES string of the molecule is CC(C)c1cc(F)cc(-c2ccncc2)c1Br.CC(C)c1cc(F)cc(-c2ccncc2)c1N. The van der Waals surface area contributed by atoms with E-state index in [9.17, 15) is 8.78 Å². The molecular formula is C28H28BrF2N3. The average molecular weight is 524 g/mol. The topological polar surface area (TPSA) is 51.8 Å². The van der Waals surface area contributed by atoms with Gasteiger partial charge in [-0.2, -0.15) is 0 Å². The molecule has 0 fully saturated rings. The molecule has 6 heteroatoms. The van der Waals surface area contributed by atoms with E-state index in [2.05, 4.69) is 39.7 Å². The summed E-state index contributed by atoms with van der Waals surface area (Å²) in [5.41, 5.74) is 12.0. The van der Waals surface area contributed by atoms with E-state index in [-0.39, 0.29) is 23.5 Å². The lowest BCUT2D eigenvalue weighted by Crippen LogP contribution is -2.00. The summed E-state index contributed by atoms with van der Waals surface area (Å²) in [4.78, 5) is 7.92. The normalized spacial score (nSPS) is 10.9. The van der Waals surface area contributed by atoms with Crippen molar-refractivity contribution in [3.63, 3.8) is 0 Å². The maximum Gasteiger partial charge on any atom is 0.124 e. The van der Waals surface area contributed by atoms with Gasteiger partial charge in [0.1, 0.15) is 11.6 Å². The van der Waals surface area contributed by atoms with Crippen LogP contribution < -0.4 is 5.73 Å². The van der Waals surface area contributed by atoms with Gasteiger partial charge in [-0.1, -0.05) is 27.7 Å². The first-order valence-electron chi connectivity index (χ1n) is 11.1. The van der Waals surface area contributed by atoms with E-state index in [1.807, 2.05) is 38.1 Å². The van der Waals surface area contributed by atoms with Gasteiger partial charge in [0.2, 0.25) is 0 Å². The summed E-state index contributed by atoms with van der Waals surface area (Å²) in [5.74, 6) is 0.0189. The molecule has 2 aromatic carbocycles. The fourth-order valence-corrected chi connectivity index (χ4v) is 4.57. The van der Waals surface area contributed by atoms with E-state index in [0.717, 1.165) is 37.9 Å². The zero-order valence-corrected chi connectivity index (χ0v) is 21.3. The van der Waals surface area contributed by atoms with Crippen molar-refractivity contribution in [2.24, 2.45) is 0 Å². The molecule has 2 N–H and O–H groups in total. The lowest BCUT2D eigenvalue weighted by atomic mass is 9.95. The highest BCUT2D eigenvalue weighted by atomic mass is 79.9. The van der Waals surface area contributed by atoms with E-state index in [1.165, 1.54) is 12.1 Å². The quantitative estimate of drug-likeness (QED) is 0.273. The molecule has 4 aromatic rings. The molecule has 176 valence electrons. The lowest BCUT2D eigenvalue weighted by Gasteiger charge is -2.14. The Bertz CT molecular complexity index is 1140.